The minimum absolute atomic E-state index is 0.122. The number of carbonyl (C=O) groups is 2. The van der Waals surface area contributed by atoms with Gasteiger partial charge in [-0.2, -0.15) is 0 Å². The van der Waals surface area contributed by atoms with Crippen molar-refractivity contribution in [2.45, 2.75) is 284 Å². The van der Waals surface area contributed by atoms with Crippen LogP contribution in [0.3, 0.4) is 0 Å². The third-order valence-corrected chi connectivity index (χ3v) is 11.4. The van der Waals surface area contributed by atoms with Crippen LogP contribution in [0.5, 0.6) is 0 Å². The van der Waals surface area contributed by atoms with Gasteiger partial charge in [-0.05, 0) is 12.8 Å². The van der Waals surface area contributed by atoms with Crippen molar-refractivity contribution in [3.05, 3.63) is 0 Å². The maximum absolute atomic E-state index is 12.3. The topological polar surface area (TPSA) is 52.6 Å². The van der Waals surface area contributed by atoms with Crippen LogP contribution in [0.15, 0.2) is 0 Å². The molecule has 4 heteroatoms. The fourth-order valence-electron chi connectivity index (χ4n) is 7.61. The molecule has 0 amide bonds. The lowest BCUT2D eigenvalue weighted by Gasteiger charge is -2.11. The Bertz CT molecular complexity index is 721. The summed E-state index contributed by atoms with van der Waals surface area (Å²) in [6, 6.07) is 0. The van der Waals surface area contributed by atoms with Crippen LogP contribution >= 0.6 is 0 Å². The third kappa shape index (κ3) is 43.5. The molecule has 4 nitrogen and oxygen atoms in total. The molecule has 0 fully saturated rings. The maximum Gasteiger partial charge on any atom is 0.309 e. The SMILES string of the molecule is CCCCCCCCCCCCCCCCCCCCCCOC(=O)CC(C)C(=O)OCCCCCCCCCCCCCCCCCCCCCC. The Morgan fingerprint density at radius 1 is 0.321 bits per heavy atom. The highest BCUT2D eigenvalue weighted by Crippen LogP contribution is 2.17. The largest absolute Gasteiger partial charge is 0.466 e. The van der Waals surface area contributed by atoms with Crippen LogP contribution in [0.25, 0.3) is 0 Å². The second-order valence-corrected chi connectivity index (χ2v) is 16.9. The summed E-state index contributed by atoms with van der Waals surface area (Å²) in [5, 5.41) is 0. The minimum Gasteiger partial charge on any atom is -0.466 e. The lowest BCUT2D eigenvalue weighted by atomic mass is 10.0. The predicted octanol–water partition coefficient (Wildman–Crippen LogP) is 16.7. The fraction of sp³-hybridized carbons (Fsp3) is 0.959. The van der Waals surface area contributed by atoms with Gasteiger partial charge in [-0.15, -0.1) is 0 Å². The number of unbranched alkanes of at least 4 members (excludes halogenated alkanes) is 38. The predicted molar refractivity (Wildman–Crippen MR) is 232 cm³/mol. The van der Waals surface area contributed by atoms with Gasteiger partial charge in [-0.25, -0.2) is 0 Å². The Morgan fingerprint density at radius 3 is 0.774 bits per heavy atom. The maximum atomic E-state index is 12.3. The van der Waals surface area contributed by atoms with E-state index < -0.39 is 5.92 Å². The van der Waals surface area contributed by atoms with Crippen LogP contribution in [-0.2, 0) is 19.1 Å². The molecule has 0 N–H and O–H groups in total. The van der Waals surface area contributed by atoms with Gasteiger partial charge in [0.1, 0.15) is 0 Å². The number of hydrogen-bond donors (Lipinski definition) is 0. The van der Waals surface area contributed by atoms with E-state index in [0.29, 0.717) is 13.2 Å². The fourth-order valence-corrected chi connectivity index (χ4v) is 7.61. The van der Waals surface area contributed by atoms with Crippen molar-refractivity contribution in [1.82, 2.24) is 0 Å². The summed E-state index contributed by atoms with van der Waals surface area (Å²) in [4.78, 5) is 24.5. The van der Waals surface area contributed by atoms with E-state index in [9.17, 15) is 9.59 Å². The summed E-state index contributed by atoms with van der Waals surface area (Å²) >= 11 is 0. The van der Waals surface area contributed by atoms with Crippen LogP contribution in [0.1, 0.15) is 284 Å². The van der Waals surface area contributed by atoms with Gasteiger partial charge in [0.05, 0.1) is 25.6 Å². The highest BCUT2D eigenvalue weighted by Gasteiger charge is 2.19. The summed E-state index contributed by atoms with van der Waals surface area (Å²) in [5.41, 5.74) is 0. The molecule has 0 aromatic rings. The monoisotopic (exact) mass is 749 g/mol. The van der Waals surface area contributed by atoms with Gasteiger partial charge in [0.2, 0.25) is 0 Å². The van der Waals surface area contributed by atoms with Crippen LogP contribution < -0.4 is 0 Å². The molecule has 0 aliphatic heterocycles. The average molecular weight is 749 g/mol. The Morgan fingerprint density at radius 2 is 0.528 bits per heavy atom. The quantitative estimate of drug-likeness (QED) is 0.0460. The summed E-state index contributed by atoms with van der Waals surface area (Å²) in [5.74, 6) is -0.966. The smallest absolute Gasteiger partial charge is 0.309 e. The summed E-state index contributed by atoms with van der Waals surface area (Å²) in [6.45, 7) is 7.30. The van der Waals surface area contributed by atoms with Crippen molar-refractivity contribution in [3.63, 3.8) is 0 Å². The molecule has 0 aromatic carbocycles. The van der Waals surface area contributed by atoms with Crippen molar-refractivity contribution in [2.75, 3.05) is 13.2 Å². The molecule has 0 aromatic heterocycles. The van der Waals surface area contributed by atoms with Gasteiger partial charge in [0.15, 0.2) is 0 Å². The zero-order chi connectivity index (χ0) is 38.6. The first-order valence-electron chi connectivity index (χ1n) is 24.4. The number of hydrogen-bond acceptors (Lipinski definition) is 4. The molecular formula is C49H96O4. The first kappa shape index (κ1) is 51.9. The van der Waals surface area contributed by atoms with Gasteiger partial charge < -0.3 is 9.47 Å². The van der Waals surface area contributed by atoms with Crippen molar-refractivity contribution < 1.29 is 19.1 Å². The molecule has 0 spiro atoms. The minimum atomic E-state index is -0.428. The van der Waals surface area contributed by atoms with Crippen LogP contribution in [0, 0.1) is 5.92 Å². The Labute approximate surface area is 333 Å². The van der Waals surface area contributed by atoms with Gasteiger partial charge >= 0.3 is 11.9 Å². The highest BCUT2D eigenvalue weighted by molar-refractivity contribution is 5.79. The Kier molecular flexibility index (Phi) is 44.4. The molecule has 0 radical (unpaired) electrons. The zero-order valence-electron chi connectivity index (χ0n) is 36.6. The molecule has 0 bridgehead atoms. The zero-order valence-corrected chi connectivity index (χ0v) is 36.6. The number of carbonyl (C=O) groups excluding carboxylic acids is 2. The van der Waals surface area contributed by atoms with Gasteiger partial charge in [0, 0.05) is 0 Å². The molecular weight excluding hydrogens is 653 g/mol. The summed E-state index contributed by atoms with van der Waals surface area (Å²) in [6.07, 6.45) is 54.5. The third-order valence-electron chi connectivity index (χ3n) is 11.4. The van der Waals surface area contributed by atoms with Crippen LogP contribution in [0.2, 0.25) is 0 Å². The lowest BCUT2D eigenvalue weighted by Crippen LogP contribution is -2.20. The van der Waals surface area contributed by atoms with Crippen LogP contribution in [-0.4, -0.2) is 25.2 Å². The van der Waals surface area contributed by atoms with E-state index in [1.54, 1.807) is 6.92 Å². The molecule has 0 aliphatic rings. The number of rotatable bonds is 45. The first-order valence-corrected chi connectivity index (χ1v) is 24.4. The van der Waals surface area contributed by atoms with Crippen molar-refractivity contribution in [1.29, 1.82) is 0 Å². The molecule has 316 valence electrons. The average Bonchev–Trinajstić information content (AvgIpc) is 3.15. The molecule has 0 rings (SSSR count). The molecule has 0 saturated heterocycles. The van der Waals surface area contributed by atoms with Gasteiger partial charge in [0.25, 0.3) is 0 Å². The lowest BCUT2D eigenvalue weighted by molar-refractivity contribution is -0.154. The van der Waals surface area contributed by atoms with E-state index in [1.165, 1.54) is 231 Å². The molecule has 1 unspecified atom stereocenters. The van der Waals surface area contributed by atoms with E-state index in [0.717, 1.165) is 25.7 Å². The van der Waals surface area contributed by atoms with E-state index >= 15 is 0 Å². The van der Waals surface area contributed by atoms with Gasteiger partial charge in [-0.3, -0.25) is 9.59 Å². The van der Waals surface area contributed by atoms with Crippen molar-refractivity contribution in [3.8, 4) is 0 Å². The molecule has 0 aliphatic carbocycles. The van der Waals surface area contributed by atoms with Crippen molar-refractivity contribution >= 4 is 11.9 Å². The number of esters is 2. The summed E-state index contributed by atoms with van der Waals surface area (Å²) in [7, 11) is 0. The first-order chi connectivity index (χ1) is 26.1. The summed E-state index contributed by atoms with van der Waals surface area (Å²) < 4.78 is 10.8. The molecule has 1 atom stereocenters. The molecule has 53 heavy (non-hydrogen) atoms. The van der Waals surface area contributed by atoms with E-state index in [1.807, 2.05) is 0 Å². The Balaban J connectivity index is 3.34. The normalized spacial score (nSPS) is 12.0. The molecule has 0 heterocycles. The second-order valence-electron chi connectivity index (χ2n) is 16.9. The van der Waals surface area contributed by atoms with E-state index in [-0.39, 0.29) is 18.4 Å². The standard InChI is InChI=1S/C49H96O4/c1-4-6-8-10-12-14-16-18-20-22-24-26-28-30-32-34-36-38-40-42-44-52-48(50)46-47(3)49(51)53-45-43-41-39-37-35-33-31-29-27-25-23-21-19-17-15-13-11-9-7-5-2/h47H,4-46H2,1-3H3. The highest BCUT2D eigenvalue weighted by atomic mass is 16.5. The second kappa shape index (κ2) is 45.3. The number of ether oxygens (including phenoxy) is 2. The van der Waals surface area contributed by atoms with Gasteiger partial charge in [-0.1, -0.05) is 265 Å². The van der Waals surface area contributed by atoms with Crippen molar-refractivity contribution in [2.24, 2.45) is 5.92 Å². The Hall–Kier alpha value is -1.06. The molecule has 0 saturated carbocycles. The van der Waals surface area contributed by atoms with E-state index in [4.69, 9.17) is 9.47 Å². The van der Waals surface area contributed by atoms with E-state index in [2.05, 4.69) is 13.8 Å². The van der Waals surface area contributed by atoms with Crippen LogP contribution in [0.4, 0.5) is 0 Å².